The van der Waals surface area contributed by atoms with Gasteiger partial charge in [-0.1, -0.05) is 12.1 Å². The summed E-state index contributed by atoms with van der Waals surface area (Å²) in [6, 6.07) is 6.15. The summed E-state index contributed by atoms with van der Waals surface area (Å²) in [7, 11) is 1.57. The number of hydrogen-bond donors (Lipinski definition) is 2. The number of aliphatic imine (C=N–C) groups is 1. The lowest BCUT2D eigenvalue weighted by Crippen LogP contribution is -2.37. The monoisotopic (exact) mass is 321 g/mol. The van der Waals surface area contributed by atoms with E-state index in [1.54, 1.807) is 19.2 Å². The number of alkyl halides is 3. The average molecular weight is 321 g/mol. The van der Waals surface area contributed by atoms with Gasteiger partial charge in [-0.15, -0.1) is 0 Å². The Kier molecular flexibility index (Phi) is 7.65. The van der Waals surface area contributed by atoms with Crippen LogP contribution in [0.4, 0.5) is 17.6 Å². The van der Waals surface area contributed by atoms with Crippen LogP contribution in [-0.2, 0) is 11.3 Å². The number of halogens is 4. The van der Waals surface area contributed by atoms with Crippen molar-refractivity contribution in [3.05, 3.63) is 35.6 Å². The number of rotatable bonds is 7. The third-order valence-electron chi connectivity index (χ3n) is 2.60. The van der Waals surface area contributed by atoms with Crippen molar-refractivity contribution in [1.82, 2.24) is 10.6 Å². The number of ether oxygens (including phenoxy) is 1. The van der Waals surface area contributed by atoms with Crippen molar-refractivity contribution in [1.29, 1.82) is 0 Å². The molecule has 1 aromatic rings. The van der Waals surface area contributed by atoms with Gasteiger partial charge in [-0.25, -0.2) is 4.39 Å². The van der Waals surface area contributed by atoms with Crippen LogP contribution in [0.2, 0.25) is 0 Å². The van der Waals surface area contributed by atoms with Crippen LogP contribution < -0.4 is 10.6 Å². The highest BCUT2D eigenvalue weighted by Gasteiger charge is 2.27. The number of benzene rings is 1. The van der Waals surface area contributed by atoms with E-state index in [9.17, 15) is 17.6 Å². The summed E-state index contributed by atoms with van der Waals surface area (Å²) in [5, 5.41) is 5.92. The molecule has 0 heterocycles. The van der Waals surface area contributed by atoms with E-state index in [0.717, 1.165) is 5.56 Å². The fraction of sp³-hybridized carbons (Fsp3) is 0.500. The van der Waals surface area contributed by atoms with E-state index in [0.29, 0.717) is 25.5 Å². The third-order valence-corrected chi connectivity index (χ3v) is 2.60. The zero-order valence-corrected chi connectivity index (χ0v) is 12.2. The van der Waals surface area contributed by atoms with Gasteiger partial charge >= 0.3 is 6.18 Å². The van der Waals surface area contributed by atoms with Crippen molar-refractivity contribution in [2.45, 2.75) is 19.1 Å². The second-order valence-corrected chi connectivity index (χ2v) is 4.50. The van der Waals surface area contributed by atoms with Crippen LogP contribution >= 0.6 is 0 Å². The summed E-state index contributed by atoms with van der Waals surface area (Å²) in [5.41, 5.74) is 0.761. The van der Waals surface area contributed by atoms with Crippen molar-refractivity contribution in [3.8, 4) is 0 Å². The molecule has 0 aliphatic carbocycles. The first-order valence-electron chi connectivity index (χ1n) is 6.74. The van der Waals surface area contributed by atoms with Gasteiger partial charge in [0, 0.05) is 26.7 Å². The predicted octanol–water partition coefficient (Wildman–Crippen LogP) is 2.46. The molecule has 0 aromatic heterocycles. The van der Waals surface area contributed by atoms with Gasteiger partial charge in [-0.2, -0.15) is 13.2 Å². The molecular weight excluding hydrogens is 302 g/mol. The lowest BCUT2D eigenvalue weighted by atomic mass is 10.2. The molecule has 2 N–H and O–H groups in total. The smallest absolute Gasteiger partial charge is 0.372 e. The van der Waals surface area contributed by atoms with Crippen molar-refractivity contribution in [2.24, 2.45) is 4.99 Å². The Morgan fingerprint density at radius 1 is 1.27 bits per heavy atom. The van der Waals surface area contributed by atoms with Crippen LogP contribution in [0.1, 0.15) is 12.0 Å². The Balaban J connectivity index is 2.18. The lowest BCUT2D eigenvalue weighted by Gasteiger charge is -2.12. The predicted molar refractivity (Wildman–Crippen MR) is 76.1 cm³/mol. The highest BCUT2D eigenvalue weighted by Crippen LogP contribution is 2.14. The molecule has 0 bridgehead atoms. The Bertz CT molecular complexity index is 477. The largest absolute Gasteiger partial charge is 0.411 e. The molecule has 0 aliphatic rings. The van der Waals surface area contributed by atoms with Crippen molar-refractivity contribution in [2.75, 3.05) is 26.8 Å². The molecule has 0 aliphatic heterocycles. The van der Waals surface area contributed by atoms with E-state index in [-0.39, 0.29) is 12.4 Å². The molecule has 0 unspecified atom stereocenters. The Labute approximate surface area is 126 Å². The molecule has 4 nitrogen and oxygen atoms in total. The molecule has 0 fully saturated rings. The number of hydrogen-bond acceptors (Lipinski definition) is 2. The Hall–Kier alpha value is -1.83. The second-order valence-electron chi connectivity index (χ2n) is 4.50. The van der Waals surface area contributed by atoms with E-state index < -0.39 is 12.8 Å². The van der Waals surface area contributed by atoms with Crippen LogP contribution in [0, 0.1) is 5.82 Å². The Morgan fingerprint density at radius 2 is 2.05 bits per heavy atom. The molecule has 0 atom stereocenters. The minimum Gasteiger partial charge on any atom is -0.372 e. The molecule has 0 radical (unpaired) electrons. The topological polar surface area (TPSA) is 45.7 Å². The van der Waals surface area contributed by atoms with Gasteiger partial charge in [0.15, 0.2) is 5.96 Å². The minimum atomic E-state index is -4.30. The first-order chi connectivity index (χ1) is 10.4. The van der Waals surface area contributed by atoms with E-state index in [1.807, 2.05) is 0 Å². The van der Waals surface area contributed by atoms with E-state index in [1.165, 1.54) is 12.1 Å². The zero-order chi connectivity index (χ0) is 16.4. The van der Waals surface area contributed by atoms with Gasteiger partial charge in [0.2, 0.25) is 0 Å². The zero-order valence-electron chi connectivity index (χ0n) is 12.2. The van der Waals surface area contributed by atoms with Crippen LogP contribution in [0.5, 0.6) is 0 Å². The summed E-state index contributed by atoms with van der Waals surface area (Å²) in [4.78, 5) is 3.96. The molecule has 1 aromatic carbocycles. The lowest BCUT2D eigenvalue weighted by molar-refractivity contribution is -0.173. The summed E-state index contributed by atoms with van der Waals surface area (Å²) in [5.74, 6) is 0.171. The molecule has 1 rings (SSSR count). The van der Waals surface area contributed by atoms with Crippen molar-refractivity contribution < 1.29 is 22.3 Å². The van der Waals surface area contributed by atoms with Crippen molar-refractivity contribution in [3.63, 3.8) is 0 Å². The highest BCUT2D eigenvalue weighted by molar-refractivity contribution is 5.79. The molecule has 124 valence electrons. The number of nitrogens with one attached hydrogen (secondary N) is 2. The fourth-order valence-corrected chi connectivity index (χ4v) is 1.62. The minimum absolute atomic E-state index is 0.00734. The maximum absolute atomic E-state index is 13.0. The Morgan fingerprint density at radius 3 is 2.68 bits per heavy atom. The quantitative estimate of drug-likeness (QED) is 0.351. The summed E-state index contributed by atoms with van der Waals surface area (Å²) < 4.78 is 53.0. The molecule has 8 heteroatoms. The van der Waals surface area contributed by atoms with Gasteiger partial charge in [0.05, 0.1) is 0 Å². The molecule has 0 saturated heterocycles. The SMILES string of the molecule is CN=C(NCCCOCC(F)(F)F)NCc1cccc(F)c1. The van der Waals surface area contributed by atoms with Crippen LogP contribution in [-0.4, -0.2) is 38.9 Å². The van der Waals surface area contributed by atoms with Crippen molar-refractivity contribution >= 4 is 5.96 Å². The van der Waals surface area contributed by atoms with E-state index in [2.05, 4.69) is 20.4 Å². The first-order valence-corrected chi connectivity index (χ1v) is 6.74. The number of nitrogens with zero attached hydrogens (tertiary/aromatic N) is 1. The molecular formula is C14H19F4N3O. The van der Waals surface area contributed by atoms with Crippen LogP contribution in [0.3, 0.4) is 0 Å². The summed E-state index contributed by atoms with van der Waals surface area (Å²) in [6.07, 6.45) is -3.88. The average Bonchev–Trinajstić information content (AvgIpc) is 2.44. The van der Waals surface area contributed by atoms with Gasteiger partial charge in [0.1, 0.15) is 12.4 Å². The second kappa shape index (κ2) is 9.24. The molecule has 22 heavy (non-hydrogen) atoms. The molecule has 0 saturated carbocycles. The summed E-state index contributed by atoms with van der Waals surface area (Å²) in [6.45, 7) is -0.421. The first kappa shape index (κ1) is 18.2. The third kappa shape index (κ3) is 8.46. The maximum Gasteiger partial charge on any atom is 0.411 e. The molecule has 0 spiro atoms. The van der Waals surface area contributed by atoms with Gasteiger partial charge in [0.25, 0.3) is 0 Å². The van der Waals surface area contributed by atoms with E-state index >= 15 is 0 Å². The van der Waals surface area contributed by atoms with E-state index in [4.69, 9.17) is 0 Å². The van der Waals surface area contributed by atoms with Gasteiger partial charge in [-0.3, -0.25) is 4.99 Å². The number of guanidine groups is 1. The normalized spacial score (nSPS) is 12.3. The summed E-state index contributed by atoms with van der Waals surface area (Å²) >= 11 is 0. The van der Waals surface area contributed by atoms with Gasteiger partial charge < -0.3 is 15.4 Å². The molecule has 0 amide bonds. The maximum atomic E-state index is 13.0. The standard InChI is InChI=1S/C14H19F4N3O/c1-19-13(20-6-3-7-22-10-14(16,17)18)21-9-11-4-2-5-12(15)8-11/h2,4-5,8H,3,6-7,9-10H2,1H3,(H2,19,20,21). The van der Waals surface area contributed by atoms with Crippen LogP contribution in [0.25, 0.3) is 0 Å². The van der Waals surface area contributed by atoms with Gasteiger partial charge in [-0.05, 0) is 24.1 Å². The van der Waals surface area contributed by atoms with Crippen LogP contribution in [0.15, 0.2) is 29.3 Å². The fourth-order valence-electron chi connectivity index (χ4n) is 1.62. The highest BCUT2D eigenvalue weighted by atomic mass is 19.4.